The summed E-state index contributed by atoms with van der Waals surface area (Å²) < 4.78 is 33.8. The molecule has 1 saturated carbocycles. The first-order valence-electron chi connectivity index (χ1n) is 19.6. The highest BCUT2D eigenvalue weighted by molar-refractivity contribution is 5.93. The highest BCUT2D eigenvalue weighted by Gasteiger charge is 2.21. The number of piperazine rings is 1. The first kappa shape index (κ1) is 39.3. The Hall–Kier alpha value is -5.90. The molecule has 4 aromatic heterocycles. The Labute approximate surface area is 330 Å². The minimum absolute atomic E-state index is 0.243. The average molecular weight is 781 g/mol. The zero-order valence-corrected chi connectivity index (χ0v) is 33.0. The molecule has 0 atom stereocenters. The molecule has 0 spiro atoms. The predicted octanol–water partition coefficient (Wildman–Crippen LogP) is 6.24. The molecule has 0 unspecified atom stereocenters. The lowest BCUT2D eigenvalue weighted by molar-refractivity contribution is -0.125. The van der Waals surface area contributed by atoms with Gasteiger partial charge >= 0.3 is 0 Å². The monoisotopic (exact) mass is 780 g/mol. The number of amides is 2. The first-order chi connectivity index (χ1) is 27.6. The van der Waals surface area contributed by atoms with Gasteiger partial charge in [-0.3, -0.25) is 28.7 Å². The summed E-state index contributed by atoms with van der Waals surface area (Å²) in [6.07, 6.45) is 15.5. The van der Waals surface area contributed by atoms with Gasteiger partial charge in [-0.2, -0.15) is 10.2 Å². The van der Waals surface area contributed by atoms with E-state index in [0.717, 1.165) is 74.0 Å². The summed E-state index contributed by atoms with van der Waals surface area (Å²) in [5, 5.41) is 15.7. The number of nitrogens with zero attached hydrogens (tertiary/aromatic N) is 10. The smallest absolute Gasteiger partial charge is 0.228 e. The van der Waals surface area contributed by atoms with Crippen molar-refractivity contribution < 1.29 is 18.4 Å². The van der Waals surface area contributed by atoms with Gasteiger partial charge in [0.15, 0.2) is 17.3 Å². The number of aryl methyl sites for hydroxylation is 2. The van der Waals surface area contributed by atoms with Crippen LogP contribution in [0.4, 0.5) is 31.8 Å². The fourth-order valence-corrected chi connectivity index (χ4v) is 7.68. The third-order valence-electron chi connectivity index (χ3n) is 11.0. The Morgan fingerprint density at radius 2 is 1.81 bits per heavy atom. The molecule has 16 heteroatoms. The summed E-state index contributed by atoms with van der Waals surface area (Å²) in [5.41, 5.74) is 4.84. The van der Waals surface area contributed by atoms with Crippen molar-refractivity contribution in [2.24, 2.45) is 7.05 Å². The maximum Gasteiger partial charge on any atom is 0.228 e. The van der Waals surface area contributed by atoms with E-state index in [1.165, 1.54) is 31.0 Å². The quantitative estimate of drug-likeness (QED) is 0.146. The van der Waals surface area contributed by atoms with E-state index in [9.17, 15) is 18.4 Å². The highest BCUT2D eigenvalue weighted by Crippen LogP contribution is 2.32. The van der Waals surface area contributed by atoms with Crippen LogP contribution in [-0.4, -0.2) is 97.5 Å². The molecule has 14 nitrogen and oxygen atoms in total. The van der Waals surface area contributed by atoms with E-state index in [2.05, 4.69) is 65.7 Å². The maximum absolute atomic E-state index is 14.4. The van der Waals surface area contributed by atoms with E-state index < -0.39 is 11.6 Å². The predicted molar refractivity (Wildman–Crippen MR) is 218 cm³/mol. The maximum atomic E-state index is 14.4. The van der Waals surface area contributed by atoms with Crippen LogP contribution in [-0.2, 0) is 16.6 Å². The molecule has 2 aliphatic rings. The van der Waals surface area contributed by atoms with E-state index in [4.69, 9.17) is 0 Å². The molecular weight excluding hydrogens is 731 g/mol. The minimum atomic E-state index is -0.635. The van der Waals surface area contributed by atoms with Crippen molar-refractivity contribution >= 4 is 51.9 Å². The Morgan fingerprint density at radius 3 is 2.56 bits per heavy atom. The van der Waals surface area contributed by atoms with Gasteiger partial charge in [0, 0.05) is 94.5 Å². The zero-order chi connectivity index (χ0) is 40.1. The number of likely N-dealkylation sites (N-methyl/N-ethyl adjacent to an activating group) is 1. The van der Waals surface area contributed by atoms with E-state index in [-0.39, 0.29) is 17.9 Å². The molecule has 300 valence electrons. The van der Waals surface area contributed by atoms with Crippen LogP contribution in [0.15, 0.2) is 61.3 Å². The van der Waals surface area contributed by atoms with Gasteiger partial charge < -0.3 is 20.0 Å². The topological polar surface area (TPSA) is 134 Å². The Balaban J connectivity index is 0.000000175. The number of carbonyl (C=O) groups excluding carboxylic acids is 2. The third-order valence-corrected chi connectivity index (χ3v) is 11.0. The van der Waals surface area contributed by atoms with Crippen LogP contribution < -0.4 is 20.4 Å². The molecule has 1 aliphatic heterocycles. The average Bonchev–Trinajstić information content (AvgIpc) is 3.99. The SMILES string of the molecule is CCN1CCN(c2ccc3c(N(C)CCC(=O)NC=O)nn(C)c3c2)CC1.Cc1cc(-c2cnc(Nc3cnn(C4CCCCC4)c3)c3nccn23)c(F)cc1F. The van der Waals surface area contributed by atoms with E-state index in [1.807, 2.05) is 34.6 Å². The number of benzene rings is 2. The molecule has 1 saturated heterocycles. The molecular formula is C41H50F2N12O2. The largest absolute Gasteiger partial charge is 0.369 e. The highest BCUT2D eigenvalue weighted by atomic mass is 19.1. The van der Waals surface area contributed by atoms with Crippen LogP contribution in [0.25, 0.3) is 27.8 Å². The van der Waals surface area contributed by atoms with Crippen molar-refractivity contribution in [1.82, 2.24) is 44.1 Å². The van der Waals surface area contributed by atoms with Gasteiger partial charge in [0.2, 0.25) is 12.3 Å². The van der Waals surface area contributed by atoms with Gasteiger partial charge in [0.25, 0.3) is 0 Å². The van der Waals surface area contributed by atoms with Crippen LogP contribution in [0.3, 0.4) is 0 Å². The molecule has 8 rings (SSSR count). The van der Waals surface area contributed by atoms with Gasteiger partial charge in [-0.15, -0.1) is 0 Å². The van der Waals surface area contributed by atoms with Crippen molar-refractivity contribution in [2.45, 2.75) is 58.4 Å². The lowest BCUT2D eigenvalue weighted by Crippen LogP contribution is -2.46. The first-order valence-corrected chi connectivity index (χ1v) is 19.6. The lowest BCUT2D eigenvalue weighted by atomic mass is 9.96. The van der Waals surface area contributed by atoms with Crippen LogP contribution >= 0.6 is 0 Å². The van der Waals surface area contributed by atoms with Crippen molar-refractivity contribution in [3.05, 3.63) is 78.5 Å². The van der Waals surface area contributed by atoms with Gasteiger partial charge in [0.05, 0.1) is 35.3 Å². The molecule has 6 aromatic rings. The lowest BCUT2D eigenvalue weighted by Gasteiger charge is -2.35. The molecule has 2 amide bonds. The van der Waals surface area contributed by atoms with Crippen molar-refractivity contribution in [2.75, 3.05) is 61.4 Å². The van der Waals surface area contributed by atoms with Crippen molar-refractivity contribution in [1.29, 1.82) is 0 Å². The number of hydrogen-bond donors (Lipinski definition) is 2. The Kier molecular flexibility index (Phi) is 12.1. The second kappa shape index (κ2) is 17.5. The molecule has 0 bridgehead atoms. The second-order valence-electron chi connectivity index (χ2n) is 14.7. The summed E-state index contributed by atoms with van der Waals surface area (Å²) in [4.78, 5) is 37.5. The van der Waals surface area contributed by atoms with Crippen LogP contribution in [0.2, 0.25) is 0 Å². The van der Waals surface area contributed by atoms with Crippen LogP contribution in [0, 0.1) is 18.6 Å². The molecule has 5 heterocycles. The number of imidazole rings is 1. The summed E-state index contributed by atoms with van der Waals surface area (Å²) in [6.45, 7) is 9.68. The van der Waals surface area contributed by atoms with Crippen molar-refractivity contribution in [3.8, 4) is 11.3 Å². The number of halogens is 2. The van der Waals surface area contributed by atoms with E-state index in [0.29, 0.717) is 41.7 Å². The minimum Gasteiger partial charge on any atom is -0.369 e. The standard InChI is InChI=1S/C22H22F2N6.C19H28N6O2/c1-14-9-17(19(24)10-18(14)23)20-12-26-21(22-25-7-8-29(20)22)28-15-11-27-30(13-15)16-5-3-2-4-6-16;1-4-24-9-11-25(12-10-24)15-5-6-16-17(13-15)23(3)21-19(16)22(2)8-7-18(27)20-14-26/h7-13,16H,2-6H2,1H3,(H,26,28);5-6,13-14H,4,7-12H2,1-3H3,(H,20,26,27). The fourth-order valence-electron chi connectivity index (χ4n) is 7.68. The summed E-state index contributed by atoms with van der Waals surface area (Å²) in [6, 6.07) is 9.30. The van der Waals surface area contributed by atoms with Crippen molar-refractivity contribution in [3.63, 3.8) is 0 Å². The van der Waals surface area contributed by atoms with Crippen LogP contribution in [0.5, 0.6) is 0 Å². The van der Waals surface area contributed by atoms with E-state index in [1.54, 1.807) is 36.1 Å². The number of anilines is 4. The zero-order valence-electron chi connectivity index (χ0n) is 33.0. The number of rotatable bonds is 11. The van der Waals surface area contributed by atoms with Gasteiger partial charge in [-0.1, -0.05) is 26.2 Å². The number of aromatic nitrogens is 7. The Morgan fingerprint density at radius 1 is 1.02 bits per heavy atom. The second-order valence-corrected chi connectivity index (χ2v) is 14.7. The van der Waals surface area contributed by atoms with Gasteiger partial charge in [-0.25, -0.2) is 18.7 Å². The number of carbonyl (C=O) groups is 2. The number of fused-ring (bicyclic) bond motifs is 2. The normalized spacial score (nSPS) is 15.1. The molecule has 57 heavy (non-hydrogen) atoms. The molecule has 1 aliphatic carbocycles. The fraction of sp³-hybridized carbons (Fsp3) is 0.415. The molecule has 0 radical (unpaired) electrons. The number of hydrogen-bond acceptors (Lipinski definition) is 10. The summed E-state index contributed by atoms with van der Waals surface area (Å²) >= 11 is 0. The number of imide groups is 1. The van der Waals surface area contributed by atoms with Crippen LogP contribution in [0.1, 0.15) is 57.1 Å². The summed E-state index contributed by atoms with van der Waals surface area (Å²) in [7, 11) is 3.85. The van der Waals surface area contributed by atoms with E-state index >= 15 is 0 Å². The molecule has 2 N–H and O–H groups in total. The molecule has 2 fully saturated rings. The van der Waals surface area contributed by atoms with Gasteiger partial charge in [-0.05, 0) is 56.1 Å². The third kappa shape index (κ3) is 8.75. The molecule has 2 aromatic carbocycles. The van der Waals surface area contributed by atoms with Gasteiger partial charge in [0.1, 0.15) is 11.6 Å². The Bertz CT molecular complexity index is 2340. The number of nitrogens with one attached hydrogen (secondary N) is 2. The summed E-state index contributed by atoms with van der Waals surface area (Å²) in [5.74, 6) is -0.103.